The van der Waals surface area contributed by atoms with Gasteiger partial charge in [0, 0.05) is 41.2 Å². The number of benzene rings is 2. The normalized spacial score (nSPS) is 15.8. The van der Waals surface area contributed by atoms with Crippen molar-refractivity contribution in [2.24, 2.45) is 0 Å². The number of pyridine rings is 1. The summed E-state index contributed by atoms with van der Waals surface area (Å²) in [6.07, 6.45) is 1.45. The molecule has 0 aliphatic carbocycles. The number of nitrogens with zero attached hydrogens (tertiary/aromatic N) is 2. The fraction of sp³-hybridized carbons (Fsp3) is 0.348. The van der Waals surface area contributed by atoms with E-state index in [2.05, 4.69) is 30.0 Å². The van der Waals surface area contributed by atoms with Crippen molar-refractivity contribution in [3.8, 4) is 5.88 Å². The lowest BCUT2D eigenvalue weighted by atomic mass is 10.1. The van der Waals surface area contributed by atoms with Crippen LogP contribution in [-0.2, 0) is 13.2 Å². The van der Waals surface area contributed by atoms with Gasteiger partial charge in [-0.3, -0.25) is 4.90 Å². The van der Waals surface area contributed by atoms with Crippen LogP contribution in [0.15, 0.2) is 48.5 Å². The maximum atomic E-state index is 9.78. The molecule has 4 rings (SSSR count). The monoisotopic (exact) mass is 396 g/mol. The minimum absolute atomic E-state index is 0.176. The van der Waals surface area contributed by atoms with Gasteiger partial charge in [0.2, 0.25) is 5.88 Å². The molecular formula is C23H25ClN2O2. The summed E-state index contributed by atoms with van der Waals surface area (Å²) in [7, 11) is 0. The Hall–Kier alpha value is -2.14. The van der Waals surface area contributed by atoms with Crippen molar-refractivity contribution >= 4 is 22.5 Å². The summed E-state index contributed by atoms with van der Waals surface area (Å²) in [6, 6.07) is 16.2. The maximum absolute atomic E-state index is 9.78. The third kappa shape index (κ3) is 4.46. The molecule has 0 saturated carbocycles. The summed E-state index contributed by atoms with van der Waals surface area (Å²) in [5.74, 6) is 0.655. The Labute approximate surface area is 170 Å². The smallest absolute Gasteiger partial charge is 0.218 e. The van der Waals surface area contributed by atoms with Crippen molar-refractivity contribution < 1.29 is 9.84 Å². The van der Waals surface area contributed by atoms with Crippen LogP contribution in [0, 0.1) is 6.92 Å². The van der Waals surface area contributed by atoms with Crippen molar-refractivity contribution in [2.45, 2.75) is 39.0 Å². The predicted octanol–water partition coefficient (Wildman–Crippen LogP) is 4.73. The molecule has 0 amide bonds. The highest BCUT2D eigenvalue weighted by Crippen LogP contribution is 2.27. The minimum Gasteiger partial charge on any atom is -0.472 e. The molecule has 1 fully saturated rings. The molecule has 1 aliphatic rings. The highest BCUT2D eigenvalue weighted by molar-refractivity contribution is 6.31. The fourth-order valence-electron chi connectivity index (χ4n) is 3.64. The third-order valence-corrected chi connectivity index (χ3v) is 5.65. The van der Waals surface area contributed by atoms with Crippen LogP contribution >= 0.6 is 11.6 Å². The number of ether oxygens (including phenoxy) is 1. The Balaban J connectivity index is 1.62. The lowest BCUT2D eigenvalue weighted by Gasteiger charge is -2.29. The van der Waals surface area contributed by atoms with Crippen LogP contribution in [0.1, 0.15) is 29.5 Å². The van der Waals surface area contributed by atoms with Gasteiger partial charge in [0.15, 0.2) is 0 Å². The van der Waals surface area contributed by atoms with Crippen molar-refractivity contribution in [3.05, 3.63) is 70.2 Å². The van der Waals surface area contributed by atoms with E-state index in [0.29, 0.717) is 17.5 Å². The van der Waals surface area contributed by atoms with E-state index in [1.807, 2.05) is 30.3 Å². The molecule has 1 saturated heterocycles. The van der Waals surface area contributed by atoms with Crippen LogP contribution in [0.5, 0.6) is 5.88 Å². The topological polar surface area (TPSA) is 45.6 Å². The van der Waals surface area contributed by atoms with Gasteiger partial charge in [0.25, 0.3) is 0 Å². The molecular weight excluding hydrogens is 372 g/mol. The zero-order chi connectivity index (χ0) is 19.5. The van der Waals surface area contributed by atoms with Gasteiger partial charge in [-0.1, -0.05) is 41.4 Å². The first-order valence-corrected chi connectivity index (χ1v) is 10.1. The molecule has 0 radical (unpaired) electrons. The summed E-state index contributed by atoms with van der Waals surface area (Å²) in [4.78, 5) is 7.15. The standard InChI is InChI=1S/C23H25ClN2O2/c1-16-6-7-22-18(12-16)13-19(14-26-10-8-20(27)9-11-26)23(25-22)28-15-17-4-2-3-5-21(17)24/h2-7,12-13,20,27H,8-11,14-15H2,1H3. The average Bonchev–Trinajstić information content (AvgIpc) is 2.69. The van der Waals surface area contributed by atoms with E-state index in [1.54, 1.807) is 0 Å². The second kappa shape index (κ2) is 8.48. The number of aryl methyl sites for hydroxylation is 1. The van der Waals surface area contributed by atoms with Gasteiger partial charge in [-0.05, 0) is 44.0 Å². The molecule has 2 heterocycles. The molecule has 0 bridgehead atoms. The summed E-state index contributed by atoms with van der Waals surface area (Å²) >= 11 is 6.28. The molecule has 0 unspecified atom stereocenters. The summed E-state index contributed by atoms with van der Waals surface area (Å²) < 4.78 is 6.13. The van der Waals surface area contributed by atoms with E-state index in [9.17, 15) is 5.11 Å². The van der Waals surface area contributed by atoms with Crippen LogP contribution < -0.4 is 4.74 Å². The number of piperidine rings is 1. The molecule has 2 aromatic carbocycles. The second-order valence-corrected chi connectivity index (χ2v) is 7.94. The van der Waals surface area contributed by atoms with Crippen LogP contribution in [0.2, 0.25) is 5.02 Å². The molecule has 0 spiro atoms. The molecule has 1 aliphatic heterocycles. The maximum Gasteiger partial charge on any atom is 0.218 e. The molecule has 5 heteroatoms. The van der Waals surface area contributed by atoms with Gasteiger partial charge in [-0.25, -0.2) is 4.98 Å². The van der Waals surface area contributed by atoms with Crippen molar-refractivity contribution in [1.82, 2.24) is 9.88 Å². The van der Waals surface area contributed by atoms with Gasteiger partial charge >= 0.3 is 0 Å². The number of rotatable bonds is 5. The van der Waals surface area contributed by atoms with E-state index in [-0.39, 0.29) is 6.10 Å². The van der Waals surface area contributed by atoms with Crippen LogP contribution in [0.3, 0.4) is 0 Å². The highest BCUT2D eigenvalue weighted by atomic mass is 35.5. The highest BCUT2D eigenvalue weighted by Gasteiger charge is 2.19. The number of hydrogen-bond donors (Lipinski definition) is 1. The molecule has 1 N–H and O–H groups in total. The molecule has 146 valence electrons. The largest absolute Gasteiger partial charge is 0.472 e. The van der Waals surface area contributed by atoms with Gasteiger partial charge < -0.3 is 9.84 Å². The van der Waals surface area contributed by atoms with E-state index in [4.69, 9.17) is 21.3 Å². The first-order chi connectivity index (χ1) is 13.6. The number of likely N-dealkylation sites (tertiary alicyclic amines) is 1. The number of aliphatic hydroxyl groups excluding tert-OH is 1. The SMILES string of the molecule is Cc1ccc2nc(OCc3ccccc3Cl)c(CN3CCC(O)CC3)cc2c1. The number of halogens is 1. The number of aliphatic hydroxyl groups is 1. The van der Waals surface area contributed by atoms with Crippen LogP contribution in [0.25, 0.3) is 10.9 Å². The predicted molar refractivity (Wildman–Crippen MR) is 113 cm³/mol. The molecule has 28 heavy (non-hydrogen) atoms. The lowest BCUT2D eigenvalue weighted by molar-refractivity contribution is 0.0786. The van der Waals surface area contributed by atoms with Gasteiger partial charge in [-0.2, -0.15) is 0 Å². The van der Waals surface area contributed by atoms with E-state index >= 15 is 0 Å². The Kier molecular flexibility index (Phi) is 5.81. The van der Waals surface area contributed by atoms with Gasteiger partial charge in [0.1, 0.15) is 6.61 Å². The van der Waals surface area contributed by atoms with Crippen molar-refractivity contribution in [2.75, 3.05) is 13.1 Å². The molecule has 1 aromatic heterocycles. The van der Waals surface area contributed by atoms with Crippen LogP contribution in [0.4, 0.5) is 0 Å². The first-order valence-electron chi connectivity index (χ1n) is 9.75. The second-order valence-electron chi connectivity index (χ2n) is 7.54. The first kappa shape index (κ1) is 19.2. The number of hydrogen-bond acceptors (Lipinski definition) is 4. The zero-order valence-corrected chi connectivity index (χ0v) is 16.8. The lowest BCUT2D eigenvalue weighted by Crippen LogP contribution is -2.35. The molecule has 0 atom stereocenters. The molecule has 4 nitrogen and oxygen atoms in total. The number of fused-ring (bicyclic) bond motifs is 1. The van der Waals surface area contributed by atoms with Crippen molar-refractivity contribution in [3.63, 3.8) is 0 Å². The Morgan fingerprint density at radius 3 is 2.68 bits per heavy atom. The Morgan fingerprint density at radius 1 is 1.11 bits per heavy atom. The minimum atomic E-state index is -0.176. The summed E-state index contributed by atoms with van der Waals surface area (Å²) in [5.41, 5.74) is 4.16. The van der Waals surface area contributed by atoms with Gasteiger partial charge in [-0.15, -0.1) is 0 Å². The third-order valence-electron chi connectivity index (χ3n) is 5.28. The van der Waals surface area contributed by atoms with E-state index in [0.717, 1.165) is 54.5 Å². The van der Waals surface area contributed by atoms with Crippen molar-refractivity contribution in [1.29, 1.82) is 0 Å². The summed E-state index contributed by atoms with van der Waals surface area (Å²) in [6.45, 7) is 5.01. The Bertz CT molecular complexity index is 968. The summed E-state index contributed by atoms with van der Waals surface area (Å²) in [5, 5.41) is 11.6. The van der Waals surface area contributed by atoms with Gasteiger partial charge in [0.05, 0.1) is 11.6 Å². The van der Waals surface area contributed by atoms with Crippen LogP contribution in [-0.4, -0.2) is 34.2 Å². The molecule has 3 aromatic rings. The Morgan fingerprint density at radius 2 is 1.89 bits per heavy atom. The van der Waals surface area contributed by atoms with E-state index in [1.165, 1.54) is 5.56 Å². The zero-order valence-electron chi connectivity index (χ0n) is 16.1. The van der Waals surface area contributed by atoms with E-state index < -0.39 is 0 Å². The average molecular weight is 397 g/mol. The quantitative estimate of drug-likeness (QED) is 0.677. The number of aromatic nitrogens is 1. The fourth-order valence-corrected chi connectivity index (χ4v) is 3.83.